The monoisotopic (exact) mass is 549 g/mol. The lowest BCUT2D eigenvalue weighted by Crippen LogP contribution is -2.02. The first-order chi connectivity index (χ1) is 17.7. The number of hydrogen-bond acceptors (Lipinski definition) is 12. The molecule has 192 valence electrons. The van der Waals surface area contributed by atoms with Crippen molar-refractivity contribution in [1.82, 2.24) is 9.97 Å². The van der Waals surface area contributed by atoms with Crippen LogP contribution in [0.3, 0.4) is 0 Å². The Balaban J connectivity index is 1.69. The van der Waals surface area contributed by atoms with E-state index in [0.717, 1.165) is 6.07 Å². The Kier molecular flexibility index (Phi) is 7.89. The van der Waals surface area contributed by atoms with E-state index >= 15 is 0 Å². The van der Waals surface area contributed by atoms with E-state index in [2.05, 4.69) is 34.9 Å². The van der Waals surface area contributed by atoms with Crippen molar-refractivity contribution < 1.29 is 36.9 Å². The van der Waals surface area contributed by atoms with Gasteiger partial charge in [0, 0.05) is 17.1 Å². The second-order valence-electron chi connectivity index (χ2n) is 7.30. The van der Waals surface area contributed by atoms with E-state index in [1.54, 1.807) is 6.07 Å². The Morgan fingerprint density at radius 1 is 1.05 bits per heavy atom. The van der Waals surface area contributed by atoms with Gasteiger partial charge >= 0.3 is 6.08 Å². The minimum atomic E-state index is -3.38. The van der Waals surface area contributed by atoms with Crippen LogP contribution in [0.2, 0.25) is 0 Å². The lowest BCUT2D eigenvalue weighted by Gasteiger charge is -2.11. The van der Waals surface area contributed by atoms with Gasteiger partial charge < -0.3 is 10.4 Å². The number of rotatable bonds is 9. The molecule has 3 N–H and O–H groups in total. The minimum absolute atomic E-state index is 0.0274. The molecule has 11 nitrogen and oxygen atoms in total. The number of halogens is 2. The van der Waals surface area contributed by atoms with E-state index in [4.69, 9.17) is 5.26 Å². The molecule has 0 aliphatic heterocycles. The zero-order valence-electron chi connectivity index (χ0n) is 18.8. The van der Waals surface area contributed by atoms with Crippen molar-refractivity contribution >= 4 is 55.5 Å². The van der Waals surface area contributed by atoms with Crippen LogP contribution in [0.5, 0.6) is 5.75 Å². The lowest BCUT2D eigenvalue weighted by atomic mass is 10.1. The number of hydrogen-bond donors (Lipinski definition) is 3. The lowest BCUT2D eigenvalue weighted by molar-refractivity contribution is -0.432. The summed E-state index contributed by atoms with van der Waals surface area (Å²) in [7, 11) is -3.38. The zero-order valence-corrected chi connectivity index (χ0v) is 20.4. The maximum Gasteiger partial charge on any atom is 0.313 e. The summed E-state index contributed by atoms with van der Waals surface area (Å²) in [6, 6.07) is 12.8. The van der Waals surface area contributed by atoms with Crippen LogP contribution in [-0.2, 0) is 19.2 Å². The molecule has 0 bridgehead atoms. The van der Waals surface area contributed by atoms with E-state index in [1.807, 2.05) is 0 Å². The van der Waals surface area contributed by atoms with Gasteiger partial charge in [0.25, 0.3) is 0 Å². The molecule has 0 aliphatic carbocycles. The van der Waals surface area contributed by atoms with Gasteiger partial charge in [0.2, 0.25) is 5.95 Å². The molecule has 0 radical (unpaired) electrons. The highest BCUT2D eigenvalue weighted by Gasteiger charge is 2.16. The molecule has 0 spiro atoms. The van der Waals surface area contributed by atoms with Crippen LogP contribution in [0.4, 0.5) is 31.7 Å². The van der Waals surface area contributed by atoms with Crippen molar-refractivity contribution in [2.45, 2.75) is 16.7 Å². The topological polar surface area (TPSA) is 156 Å². The molecular weight excluding hydrogens is 532 g/mol. The number of nitrogens with one attached hydrogen (secondary N) is 1. The molecule has 1 heterocycles. The summed E-state index contributed by atoms with van der Waals surface area (Å²) in [6.45, 7) is 1.54. The van der Waals surface area contributed by atoms with Gasteiger partial charge in [-0.1, -0.05) is 12.0 Å². The van der Waals surface area contributed by atoms with Crippen LogP contribution in [0, 0.1) is 12.0 Å². The highest BCUT2D eigenvalue weighted by atomic mass is 32.2. The number of phenolic OH excluding ortho intramolecular Hbond substituents is 1. The molecule has 1 aromatic heterocycles. The average molecular weight is 550 g/mol. The number of aromatic nitrogens is 2. The van der Waals surface area contributed by atoms with Crippen LogP contribution in [0.25, 0.3) is 10.8 Å². The number of aromatic hydroxyl groups is 1. The highest BCUT2D eigenvalue weighted by Crippen LogP contribution is 2.44. The summed E-state index contributed by atoms with van der Waals surface area (Å²) < 4.78 is 55.2. The summed E-state index contributed by atoms with van der Waals surface area (Å²) in [4.78, 5) is 6.73. The van der Waals surface area contributed by atoms with Crippen LogP contribution in [0.15, 0.2) is 74.6 Å². The number of sulfone groups is 1. The number of azo groups is 1. The third-order valence-electron chi connectivity index (χ3n) is 4.99. The van der Waals surface area contributed by atoms with Crippen LogP contribution in [0.1, 0.15) is 6.92 Å². The van der Waals surface area contributed by atoms with Gasteiger partial charge in [0.05, 0.1) is 33.3 Å². The van der Waals surface area contributed by atoms with E-state index in [0.29, 0.717) is 34.2 Å². The minimum Gasteiger partial charge on any atom is -0.505 e. The second-order valence-corrected chi connectivity index (χ2v) is 10.3. The van der Waals surface area contributed by atoms with Gasteiger partial charge in [-0.15, -0.1) is 9.45 Å². The molecular formula is C22H17F2N5O6S2. The number of benzene rings is 3. The Bertz CT molecular complexity index is 1570. The quantitative estimate of drug-likeness (QED) is 0.0565. The van der Waals surface area contributed by atoms with Crippen LogP contribution >= 0.6 is 12.0 Å². The molecule has 0 amide bonds. The number of fused-ring (bicyclic) bond motifs is 1. The summed E-state index contributed by atoms with van der Waals surface area (Å²) in [6.07, 6.45) is -1.24. The third kappa shape index (κ3) is 6.15. The summed E-state index contributed by atoms with van der Waals surface area (Å²) in [5.74, 6) is -1.51. The number of anilines is 2. The van der Waals surface area contributed by atoms with Crippen molar-refractivity contribution in [1.29, 1.82) is 0 Å². The number of phenols is 1. The van der Waals surface area contributed by atoms with Gasteiger partial charge in [-0.2, -0.15) is 23.9 Å². The Labute approximate surface area is 212 Å². The predicted molar refractivity (Wildman–Crippen MR) is 130 cm³/mol. The summed E-state index contributed by atoms with van der Waals surface area (Å²) in [5.41, 5.74) is 0.672. The Morgan fingerprint density at radius 3 is 2.49 bits per heavy atom. The highest BCUT2D eigenvalue weighted by molar-refractivity contribution is 7.94. The number of nitrogens with zero attached hydrogens (tertiary/aromatic N) is 4. The molecule has 3 aromatic carbocycles. The first-order valence-electron chi connectivity index (χ1n) is 10.4. The van der Waals surface area contributed by atoms with Gasteiger partial charge in [-0.3, -0.25) is 0 Å². The molecule has 4 rings (SSSR count). The average Bonchev–Trinajstić information content (AvgIpc) is 2.86. The van der Waals surface area contributed by atoms with Gasteiger partial charge in [-0.05, 0) is 53.9 Å². The molecule has 0 saturated carbocycles. The molecule has 0 aliphatic rings. The van der Waals surface area contributed by atoms with Gasteiger partial charge in [-0.25, -0.2) is 13.7 Å². The van der Waals surface area contributed by atoms with Crippen molar-refractivity contribution in [3.05, 3.63) is 66.6 Å². The standard InChI is InChI=1S/C22H17F2N5O6S2/c1-2-37(32,33)15-6-3-13(4-7-15)28-29-20-17(36-35-34-31)10-12-9-14(5-8-16(12)21(20)30)25-19-11-18(23)26-22(24)27-19/h3-11,30-31H,2H2,1H3,(H,25,26,27)/b29-28+. The molecule has 37 heavy (non-hydrogen) atoms. The van der Waals surface area contributed by atoms with Crippen molar-refractivity contribution in [3.63, 3.8) is 0 Å². The zero-order chi connectivity index (χ0) is 26.6. The van der Waals surface area contributed by atoms with Gasteiger partial charge in [0.15, 0.2) is 15.6 Å². The predicted octanol–water partition coefficient (Wildman–Crippen LogP) is 5.99. The third-order valence-corrected chi connectivity index (χ3v) is 7.36. The molecule has 0 fully saturated rings. The van der Waals surface area contributed by atoms with Gasteiger partial charge in [0.1, 0.15) is 11.5 Å². The van der Waals surface area contributed by atoms with Crippen molar-refractivity contribution in [3.8, 4) is 5.75 Å². The largest absolute Gasteiger partial charge is 0.505 e. The smallest absolute Gasteiger partial charge is 0.313 e. The van der Waals surface area contributed by atoms with E-state index < -0.39 is 21.9 Å². The normalized spacial score (nSPS) is 11.9. The molecule has 0 unspecified atom stereocenters. The fraction of sp³-hybridized carbons (Fsp3) is 0.0909. The maximum absolute atomic E-state index is 13.4. The first-order valence-corrected chi connectivity index (χ1v) is 12.8. The SMILES string of the molecule is CCS(=O)(=O)c1ccc(/N=N/c2c(SOOO)cc3cc(Nc4cc(F)nc(F)n4)ccc3c2O)cc1. The Morgan fingerprint density at radius 2 is 1.81 bits per heavy atom. The first kappa shape index (κ1) is 26.3. The molecule has 4 aromatic rings. The molecule has 0 atom stereocenters. The molecule has 0 saturated heterocycles. The van der Waals surface area contributed by atoms with E-state index in [1.165, 1.54) is 49.4 Å². The van der Waals surface area contributed by atoms with Crippen molar-refractivity contribution in [2.24, 2.45) is 10.2 Å². The summed E-state index contributed by atoms with van der Waals surface area (Å²) in [5, 5.41) is 34.8. The van der Waals surface area contributed by atoms with Crippen molar-refractivity contribution in [2.75, 3.05) is 11.1 Å². The fourth-order valence-corrected chi connectivity index (χ4v) is 4.62. The molecule has 15 heteroatoms. The van der Waals surface area contributed by atoms with E-state index in [9.17, 15) is 22.3 Å². The van der Waals surface area contributed by atoms with E-state index in [-0.39, 0.29) is 32.8 Å². The summed E-state index contributed by atoms with van der Waals surface area (Å²) >= 11 is 0.528. The fourth-order valence-electron chi connectivity index (χ4n) is 3.24. The Hall–Kier alpha value is -3.76. The van der Waals surface area contributed by atoms with Crippen LogP contribution < -0.4 is 5.32 Å². The maximum atomic E-state index is 13.4. The van der Waals surface area contributed by atoms with Crippen LogP contribution in [-0.4, -0.2) is 34.5 Å². The second kappa shape index (κ2) is 11.1.